The SMILES string of the molecule is CC(C)(C)OC(=O)N1CCCC12CCNC2.CC1(CC=O)CCCN1C(=O)OCc1ccccc1.CC1CCCN1C(=O)OCc1ccccc1.O=C(OCc1ccccc1)N1CCCC12CCN(Cc1ccccc1)C2=O.c1ccc(CN2CCC3(CCCN3)C2)cc1. The van der Waals surface area contributed by atoms with E-state index in [1.165, 1.54) is 44.5 Å². The molecule has 8 fully saturated rings. The molecule has 18 nitrogen and oxygen atoms in total. The van der Waals surface area contributed by atoms with Gasteiger partial charge in [0.1, 0.15) is 37.2 Å². The van der Waals surface area contributed by atoms with Crippen molar-refractivity contribution in [2.75, 3.05) is 65.4 Å². The van der Waals surface area contributed by atoms with Crippen molar-refractivity contribution in [1.82, 2.24) is 40.0 Å². The largest absolute Gasteiger partial charge is 0.445 e. The second-order valence-corrected chi connectivity index (χ2v) is 27.8. The van der Waals surface area contributed by atoms with E-state index in [4.69, 9.17) is 18.9 Å². The molecule has 8 aliphatic rings. The number of aldehydes is 1. The molecule has 0 bridgehead atoms. The summed E-state index contributed by atoms with van der Waals surface area (Å²) >= 11 is 0. The van der Waals surface area contributed by atoms with Crippen molar-refractivity contribution in [1.29, 1.82) is 0 Å². The van der Waals surface area contributed by atoms with Crippen molar-refractivity contribution in [2.24, 2.45) is 0 Å². The van der Waals surface area contributed by atoms with Crippen LogP contribution in [0.15, 0.2) is 152 Å². The van der Waals surface area contributed by atoms with E-state index in [1.807, 2.05) is 164 Å². The number of carbonyl (C=O) groups excluding carboxylic acids is 6. The number of ether oxygens (including phenoxy) is 4. The van der Waals surface area contributed by atoms with Gasteiger partial charge >= 0.3 is 24.4 Å². The third-order valence-electron chi connectivity index (χ3n) is 19.7. The van der Waals surface area contributed by atoms with Gasteiger partial charge in [-0.2, -0.15) is 0 Å². The van der Waals surface area contributed by atoms with Gasteiger partial charge in [-0.15, -0.1) is 0 Å². The second kappa shape index (κ2) is 33.5. The van der Waals surface area contributed by atoms with Crippen LogP contribution in [0.5, 0.6) is 0 Å². The predicted molar refractivity (Wildman–Crippen MR) is 364 cm³/mol. The fourth-order valence-corrected chi connectivity index (χ4v) is 14.6. The summed E-state index contributed by atoms with van der Waals surface area (Å²) in [6.07, 6.45) is 13.7. The van der Waals surface area contributed by atoms with E-state index >= 15 is 0 Å². The van der Waals surface area contributed by atoms with Crippen LogP contribution in [-0.4, -0.2) is 165 Å². The Labute approximate surface area is 558 Å². The standard InChI is InChI=1S/C22H24N2O3.C15H19NO3.C14H20N2.C13H17NO2.C12H22N2O2/c25-20-22(13-15-23(20)16-18-8-3-1-4-9-18)12-7-14-24(22)21(26)27-17-19-10-5-2-6-11-19;1-15(9-11-17)8-5-10-16(15)14(18)19-12-13-6-3-2-4-7-13;1-2-5-13(6-3-1)11-16-10-8-14(12-16)7-4-9-15-14;1-11-6-5-9-14(11)13(15)16-10-12-7-3-2-4-8-12;1-11(2,3)16-10(15)14-8-4-5-12(14)6-7-13-9-12/h1-6,8-11H,7,12-17H2;2-4,6-7,11H,5,8-10,12H2,1H3;1-3,5-6,15H,4,7-12H2;2-4,7-8,11H,5-6,9-10H2,1H3;13H,4-9H2,1-3H3. The van der Waals surface area contributed by atoms with E-state index in [0.29, 0.717) is 57.2 Å². The Bertz CT molecular complexity index is 3180. The first-order valence-electron chi connectivity index (χ1n) is 34.3. The Morgan fingerprint density at radius 1 is 0.532 bits per heavy atom. The van der Waals surface area contributed by atoms with E-state index in [0.717, 1.165) is 119 Å². The Balaban J connectivity index is 0.000000141. The minimum atomic E-state index is -0.720. The Kier molecular flexibility index (Phi) is 25.2. The lowest BCUT2D eigenvalue weighted by Crippen LogP contribution is -2.52. The molecule has 5 aromatic rings. The first kappa shape index (κ1) is 70.5. The molecule has 0 radical (unpaired) electrons. The quantitative estimate of drug-likeness (QED) is 0.0890. The molecule has 2 N–H and O–H groups in total. The van der Waals surface area contributed by atoms with Gasteiger partial charge in [-0.05, 0) is 159 Å². The molecule has 5 atom stereocenters. The summed E-state index contributed by atoms with van der Waals surface area (Å²) in [5.74, 6) is 0.0560. The summed E-state index contributed by atoms with van der Waals surface area (Å²) in [5, 5.41) is 7.06. The van der Waals surface area contributed by atoms with Gasteiger partial charge in [-0.1, -0.05) is 152 Å². The molecule has 5 unspecified atom stereocenters. The van der Waals surface area contributed by atoms with Crippen molar-refractivity contribution in [3.63, 3.8) is 0 Å². The van der Waals surface area contributed by atoms with Crippen molar-refractivity contribution < 1.29 is 47.7 Å². The summed E-state index contributed by atoms with van der Waals surface area (Å²) in [6.45, 7) is 21.6. The van der Waals surface area contributed by atoms with E-state index < -0.39 is 11.1 Å². The molecule has 0 aliphatic carbocycles. The molecule has 3 spiro atoms. The maximum absolute atomic E-state index is 13.2. The number of likely N-dealkylation sites (tertiary alicyclic amines) is 6. The maximum atomic E-state index is 13.2. The molecular formula is C76H102N8O10. The van der Waals surface area contributed by atoms with Gasteiger partial charge in [0.2, 0.25) is 5.91 Å². The molecule has 8 aliphatic heterocycles. The summed E-state index contributed by atoms with van der Waals surface area (Å²) in [6, 6.07) is 50.1. The van der Waals surface area contributed by atoms with Gasteiger partial charge in [-0.3, -0.25) is 14.6 Å². The number of amides is 5. The lowest BCUT2D eigenvalue weighted by atomic mass is 9.94. The zero-order valence-electron chi connectivity index (χ0n) is 56.4. The lowest BCUT2D eigenvalue weighted by Gasteiger charge is -2.35. The van der Waals surface area contributed by atoms with Crippen LogP contribution in [-0.2, 0) is 61.4 Å². The number of benzene rings is 5. The zero-order chi connectivity index (χ0) is 66.4. The monoisotopic (exact) mass is 1290 g/mol. The van der Waals surface area contributed by atoms with Gasteiger partial charge in [0.15, 0.2) is 0 Å². The molecule has 5 amide bonds. The van der Waals surface area contributed by atoms with Crippen LogP contribution >= 0.6 is 0 Å². The molecule has 8 saturated heterocycles. The van der Waals surface area contributed by atoms with E-state index in [2.05, 4.69) is 52.8 Å². The predicted octanol–water partition coefficient (Wildman–Crippen LogP) is 12.9. The first-order valence-corrected chi connectivity index (χ1v) is 34.3. The second-order valence-electron chi connectivity index (χ2n) is 27.8. The van der Waals surface area contributed by atoms with Crippen LogP contribution in [0.4, 0.5) is 19.2 Å². The average Bonchev–Trinajstić information content (AvgIpc) is 1.60. The Hall–Kier alpha value is -7.80. The molecule has 0 saturated carbocycles. The molecule has 13 rings (SSSR count). The highest BCUT2D eigenvalue weighted by atomic mass is 16.6. The number of hydrogen-bond acceptors (Lipinski definition) is 13. The third-order valence-corrected chi connectivity index (χ3v) is 19.7. The fraction of sp³-hybridized carbons (Fsp3) is 0.526. The van der Waals surface area contributed by atoms with Gasteiger partial charge in [0.25, 0.3) is 0 Å². The highest BCUT2D eigenvalue weighted by Gasteiger charge is 2.55. The van der Waals surface area contributed by atoms with Gasteiger partial charge in [0.05, 0.1) is 11.1 Å². The highest BCUT2D eigenvalue weighted by molar-refractivity contribution is 5.92. The number of rotatable bonds is 12. The topological polar surface area (TPSA) is 183 Å². The lowest BCUT2D eigenvalue weighted by molar-refractivity contribution is -0.136. The number of nitrogens with zero attached hydrogens (tertiary/aromatic N) is 6. The number of hydrogen-bond donors (Lipinski definition) is 2. The normalized spacial score (nSPS) is 24.4. The van der Waals surface area contributed by atoms with Gasteiger partial charge in [0, 0.05) is 83.4 Å². The zero-order valence-corrected chi connectivity index (χ0v) is 56.4. The summed E-state index contributed by atoms with van der Waals surface area (Å²) in [7, 11) is 0. The van der Waals surface area contributed by atoms with E-state index in [-0.39, 0.29) is 54.6 Å². The number of carbonyl (C=O) groups is 6. The van der Waals surface area contributed by atoms with Crippen LogP contribution in [0.25, 0.3) is 0 Å². The van der Waals surface area contributed by atoms with Crippen molar-refractivity contribution >= 4 is 36.6 Å². The van der Waals surface area contributed by atoms with Crippen molar-refractivity contribution in [3.8, 4) is 0 Å². The van der Waals surface area contributed by atoms with Gasteiger partial charge < -0.3 is 54.0 Å². The van der Waals surface area contributed by atoms with Crippen LogP contribution < -0.4 is 10.6 Å². The molecule has 506 valence electrons. The molecule has 0 aromatic heterocycles. The average molecular weight is 1290 g/mol. The maximum Gasteiger partial charge on any atom is 0.411 e. The van der Waals surface area contributed by atoms with Crippen LogP contribution in [0.3, 0.4) is 0 Å². The van der Waals surface area contributed by atoms with Crippen LogP contribution in [0, 0.1) is 0 Å². The Morgan fingerprint density at radius 3 is 1.57 bits per heavy atom. The summed E-state index contributed by atoms with van der Waals surface area (Å²) < 4.78 is 21.6. The van der Waals surface area contributed by atoms with Crippen LogP contribution in [0.1, 0.15) is 152 Å². The van der Waals surface area contributed by atoms with Crippen LogP contribution in [0.2, 0.25) is 0 Å². The smallest absolute Gasteiger partial charge is 0.411 e. The highest BCUT2D eigenvalue weighted by Crippen LogP contribution is 2.41. The minimum absolute atomic E-state index is 0.0440. The van der Waals surface area contributed by atoms with E-state index in [9.17, 15) is 28.8 Å². The molecule has 18 heteroatoms. The third kappa shape index (κ3) is 19.2. The first-order chi connectivity index (χ1) is 45.4. The summed E-state index contributed by atoms with van der Waals surface area (Å²) in [4.78, 5) is 84.2. The molecular weight excluding hydrogens is 1180 g/mol. The van der Waals surface area contributed by atoms with Crippen molar-refractivity contribution in [3.05, 3.63) is 179 Å². The minimum Gasteiger partial charge on any atom is -0.445 e. The van der Waals surface area contributed by atoms with Gasteiger partial charge in [-0.25, -0.2) is 19.2 Å². The summed E-state index contributed by atoms with van der Waals surface area (Å²) in [5.41, 5.74) is 4.51. The Morgan fingerprint density at radius 2 is 1.05 bits per heavy atom. The van der Waals surface area contributed by atoms with E-state index in [1.54, 1.807) is 9.80 Å². The molecule has 5 aromatic carbocycles. The van der Waals surface area contributed by atoms with Crippen molar-refractivity contribution in [2.45, 2.75) is 191 Å². The molecule has 94 heavy (non-hydrogen) atoms. The molecule has 8 heterocycles. The number of nitrogens with one attached hydrogen (secondary N) is 2. The fourth-order valence-electron chi connectivity index (χ4n) is 14.6.